The van der Waals surface area contributed by atoms with Crippen molar-refractivity contribution in [2.75, 3.05) is 11.9 Å². The normalized spacial score (nSPS) is 10.9. The Labute approximate surface area is 133 Å². The predicted molar refractivity (Wildman–Crippen MR) is 91.0 cm³/mol. The average molecular weight is 312 g/mol. The minimum atomic E-state index is -0.451. The van der Waals surface area contributed by atoms with Crippen LogP contribution in [-0.4, -0.2) is 7.05 Å². The molecule has 3 rings (SSSR count). The van der Waals surface area contributed by atoms with E-state index < -0.39 is 10.9 Å². The SMILES string of the molecule is Cc1ccc(N(C)c2c(-c3ccc(Cl)cc3)c(=O)c2=O)cc1. The molecule has 0 bridgehead atoms. The molecule has 0 spiro atoms. The largest absolute Gasteiger partial charge is 0.341 e. The van der Waals surface area contributed by atoms with Crippen molar-refractivity contribution >= 4 is 23.0 Å². The van der Waals surface area contributed by atoms with Crippen molar-refractivity contribution in [3.05, 3.63) is 79.6 Å². The third kappa shape index (κ3) is 2.34. The summed E-state index contributed by atoms with van der Waals surface area (Å²) in [6, 6.07) is 14.7. The molecule has 0 saturated carbocycles. The van der Waals surface area contributed by atoms with Gasteiger partial charge in [-0.15, -0.1) is 0 Å². The smallest absolute Gasteiger partial charge is 0.250 e. The molecule has 0 fully saturated rings. The minimum absolute atomic E-state index is 0.427. The van der Waals surface area contributed by atoms with E-state index >= 15 is 0 Å². The van der Waals surface area contributed by atoms with Gasteiger partial charge in [-0.3, -0.25) is 9.59 Å². The molecule has 0 aliphatic rings. The van der Waals surface area contributed by atoms with Crippen LogP contribution in [0.3, 0.4) is 0 Å². The summed E-state index contributed by atoms with van der Waals surface area (Å²) < 4.78 is 0. The monoisotopic (exact) mass is 311 g/mol. The first kappa shape index (κ1) is 14.5. The summed E-state index contributed by atoms with van der Waals surface area (Å²) in [7, 11) is 1.79. The molecule has 110 valence electrons. The number of anilines is 2. The van der Waals surface area contributed by atoms with Crippen LogP contribution in [0.1, 0.15) is 5.56 Å². The van der Waals surface area contributed by atoms with Crippen molar-refractivity contribution in [2.45, 2.75) is 6.92 Å². The molecular formula is C18H14ClNO2. The standard InChI is InChI=1S/C18H14ClNO2/c1-11-3-9-14(10-4-11)20(2)16-15(17(21)18(16)22)12-5-7-13(19)8-6-12/h3-10H,1-2H3. The Morgan fingerprint density at radius 1 is 0.864 bits per heavy atom. The minimum Gasteiger partial charge on any atom is -0.341 e. The highest BCUT2D eigenvalue weighted by Crippen LogP contribution is 2.31. The number of aryl methyl sites for hydroxylation is 1. The molecule has 0 atom stereocenters. The Balaban J connectivity index is 2.07. The average Bonchev–Trinajstić information content (AvgIpc) is 2.53. The van der Waals surface area contributed by atoms with E-state index in [-0.39, 0.29) is 0 Å². The number of hydrogen-bond acceptors (Lipinski definition) is 3. The van der Waals surface area contributed by atoms with E-state index in [4.69, 9.17) is 11.6 Å². The molecule has 0 amide bonds. The highest BCUT2D eigenvalue weighted by atomic mass is 35.5. The molecule has 0 saturated heterocycles. The van der Waals surface area contributed by atoms with Crippen LogP contribution in [0.5, 0.6) is 0 Å². The van der Waals surface area contributed by atoms with Crippen LogP contribution >= 0.6 is 11.6 Å². The quantitative estimate of drug-likeness (QED) is 0.692. The number of rotatable bonds is 3. The summed E-state index contributed by atoms with van der Waals surface area (Å²) in [6.45, 7) is 2.00. The van der Waals surface area contributed by atoms with Gasteiger partial charge < -0.3 is 4.90 Å². The lowest BCUT2D eigenvalue weighted by Gasteiger charge is -2.23. The van der Waals surface area contributed by atoms with E-state index in [1.54, 1.807) is 36.2 Å². The fourth-order valence-corrected chi connectivity index (χ4v) is 2.61. The van der Waals surface area contributed by atoms with Crippen LogP contribution < -0.4 is 15.8 Å². The Hall–Kier alpha value is -2.39. The maximum absolute atomic E-state index is 12.0. The molecule has 3 aromatic carbocycles. The second-order valence-electron chi connectivity index (χ2n) is 5.28. The van der Waals surface area contributed by atoms with Crippen molar-refractivity contribution in [3.8, 4) is 11.1 Å². The van der Waals surface area contributed by atoms with Gasteiger partial charge in [0.05, 0.1) is 5.56 Å². The molecule has 0 N–H and O–H groups in total. The first-order chi connectivity index (χ1) is 10.5. The number of benzene rings is 2. The summed E-state index contributed by atoms with van der Waals surface area (Å²) in [4.78, 5) is 25.8. The zero-order valence-corrected chi connectivity index (χ0v) is 13.0. The lowest BCUT2D eigenvalue weighted by atomic mass is 9.97. The maximum Gasteiger partial charge on any atom is 0.250 e. The number of hydrogen-bond donors (Lipinski definition) is 0. The van der Waals surface area contributed by atoms with Gasteiger partial charge in [0.25, 0.3) is 5.43 Å². The highest BCUT2D eigenvalue weighted by molar-refractivity contribution is 6.30. The topological polar surface area (TPSA) is 37.4 Å². The fraction of sp³-hybridized carbons (Fsp3) is 0.111. The van der Waals surface area contributed by atoms with Crippen molar-refractivity contribution in [2.24, 2.45) is 0 Å². The molecule has 3 nitrogen and oxygen atoms in total. The van der Waals surface area contributed by atoms with Crippen LogP contribution in [0.2, 0.25) is 5.02 Å². The van der Waals surface area contributed by atoms with Gasteiger partial charge in [0, 0.05) is 17.8 Å². The van der Waals surface area contributed by atoms with Gasteiger partial charge in [-0.2, -0.15) is 0 Å². The van der Waals surface area contributed by atoms with Gasteiger partial charge in [-0.05, 0) is 36.8 Å². The Bertz CT molecular complexity index is 888. The predicted octanol–water partition coefficient (Wildman–Crippen LogP) is 3.68. The molecule has 4 heteroatoms. The zero-order valence-electron chi connectivity index (χ0n) is 12.3. The van der Waals surface area contributed by atoms with Crippen molar-refractivity contribution in [3.63, 3.8) is 0 Å². The van der Waals surface area contributed by atoms with Gasteiger partial charge in [0.1, 0.15) is 5.69 Å². The van der Waals surface area contributed by atoms with Gasteiger partial charge >= 0.3 is 0 Å². The van der Waals surface area contributed by atoms with Crippen molar-refractivity contribution in [1.29, 1.82) is 0 Å². The summed E-state index contributed by atoms with van der Waals surface area (Å²) in [6.07, 6.45) is 0. The van der Waals surface area contributed by atoms with Crippen LogP contribution in [0.4, 0.5) is 11.4 Å². The molecular weight excluding hydrogens is 298 g/mol. The Morgan fingerprint density at radius 3 is 2.05 bits per heavy atom. The summed E-state index contributed by atoms with van der Waals surface area (Å²) in [5, 5.41) is 0.593. The van der Waals surface area contributed by atoms with Crippen molar-refractivity contribution < 1.29 is 0 Å². The third-order valence-corrected chi connectivity index (χ3v) is 4.03. The van der Waals surface area contributed by atoms with E-state index in [1.165, 1.54) is 0 Å². The second kappa shape index (κ2) is 5.43. The maximum atomic E-state index is 12.0. The zero-order chi connectivity index (χ0) is 15.9. The Kier molecular flexibility index (Phi) is 3.59. The van der Waals surface area contributed by atoms with Gasteiger partial charge in [0.2, 0.25) is 5.43 Å². The van der Waals surface area contributed by atoms with Crippen LogP contribution in [-0.2, 0) is 0 Å². The molecule has 0 radical (unpaired) electrons. The van der Waals surface area contributed by atoms with Gasteiger partial charge in [-0.25, -0.2) is 0 Å². The molecule has 0 unspecified atom stereocenters. The van der Waals surface area contributed by atoms with Crippen LogP contribution in [0, 0.1) is 6.92 Å². The van der Waals surface area contributed by atoms with Gasteiger partial charge in [-0.1, -0.05) is 41.4 Å². The molecule has 0 aliphatic heterocycles. The third-order valence-electron chi connectivity index (χ3n) is 3.77. The number of nitrogens with zero attached hydrogens (tertiary/aromatic N) is 1. The second-order valence-corrected chi connectivity index (χ2v) is 5.72. The van der Waals surface area contributed by atoms with Gasteiger partial charge in [0.15, 0.2) is 0 Å². The van der Waals surface area contributed by atoms with Crippen molar-refractivity contribution in [1.82, 2.24) is 0 Å². The molecule has 0 aliphatic carbocycles. The van der Waals surface area contributed by atoms with Crippen LogP contribution in [0.15, 0.2) is 58.1 Å². The molecule has 0 aromatic heterocycles. The lowest BCUT2D eigenvalue weighted by Crippen LogP contribution is -2.38. The first-order valence-electron chi connectivity index (χ1n) is 6.88. The summed E-state index contributed by atoms with van der Waals surface area (Å²) >= 11 is 5.87. The number of halogens is 1. The summed E-state index contributed by atoms with van der Waals surface area (Å²) in [5.74, 6) is 0. The highest BCUT2D eigenvalue weighted by Gasteiger charge is 2.25. The molecule has 3 aromatic rings. The van der Waals surface area contributed by atoms with E-state index in [0.717, 1.165) is 11.3 Å². The fourth-order valence-electron chi connectivity index (χ4n) is 2.48. The lowest BCUT2D eigenvalue weighted by molar-refractivity contribution is 1.16. The molecule has 22 heavy (non-hydrogen) atoms. The van der Waals surface area contributed by atoms with E-state index in [1.807, 2.05) is 31.2 Å². The first-order valence-corrected chi connectivity index (χ1v) is 7.26. The van der Waals surface area contributed by atoms with Crippen LogP contribution in [0.25, 0.3) is 11.1 Å². The Morgan fingerprint density at radius 2 is 1.45 bits per heavy atom. The van der Waals surface area contributed by atoms with E-state index in [9.17, 15) is 9.59 Å². The van der Waals surface area contributed by atoms with E-state index in [2.05, 4.69) is 0 Å². The molecule has 0 heterocycles. The summed E-state index contributed by atoms with van der Waals surface area (Å²) in [5.41, 5.74) is 2.70. The van der Waals surface area contributed by atoms with E-state index in [0.29, 0.717) is 21.8 Å².